The molecule has 0 radical (unpaired) electrons. The Balaban J connectivity index is 1.15. The van der Waals surface area contributed by atoms with Crippen molar-refractivity contribution in [2.24, 2.45) is 5.41 Å². The fourth-order valence-corrected chi connectivity index (χ4v) is 6.16. The molecular formula is C30H40N6O4. The molecule has 0 aliphatic carbocycles. The number of benzene rings is 1. The highest BCUT2D eigenvalue weighted by atomic mass is 16.6. The van der Waals surface area contributed by atoms with Gasteiger partial charge in [-0.3, -0.25) is 0 Å². The third kappa shape index (κ3) is 5.54. The lowest BCUT2D eigenvalue weighted by Gasteiger charge is -2.39. The lowest BCUT2D eigenvalue weighted by Crippen LogP contribution is -2.43. The van der Waals surface area contributed by atoms with Gasteiger partial charge in [0.15, 0.2) is 11.4 Å². The quantitative estimate of drug-likeness (QED) is 0.463. The highest BCUT2D eigenvalue weighted by molar-refractivity contribution is 5.86. The van der Waals surface area contributed by atoms with E-state index in [4.69, 9.17) is 23.9 Å². The summed E-state index contributed by atoms with van der Waals surface area (Å²) >= 11 is 0. The Hall–Kier alpha value is -3.53. The summed E-state index contributed by atoms with van der Waals surface area (Å²) in [7, 11) is 0. The van der Waals surface area contributed by atoms with E-state index in [1.807, 2.05) is 31.7 Å². The molecule has 3 aliphatic heterocycles. The highest BCUT2D eigenvalue weighted by Gasteiger charge is 2.43. The number of rotatable bonds is 4. The molecule has 0 saturated carbocycles. The van der Waals surface area contributed by atoms with E-state index in [-0.39, 0.29) is 11.5 Å². The van der Waals surface area contributed by atoms with Crippen LogP contribution in [0.3, 0.4) is 0 Å². The second kappa shape index (κ2) is 10.5. The molecule has 1 amide bonds. The molecule has 214 valence electrons. The molecule has 0 atom stereocenters. The Morgan fingerprint density at radius 3 is 2.48 bits per heavy atom. The number of aromatic nitrogens is 2. The predicted molar refractivity (Wildman–Crippen MR) is 156 cm³/mol. The predicted octanol–water partition coefficient (Wildman–Crippen LogP) is 5.34. The van der Waals surface area contributed by atoms with Crippen molar-refractivity contribution in [1.29, 1.82) is 0 Å². The van der Waals surface area contributed by atoms with Crippen molar-refractivity contribution >= 4 is 40.3 Å². The van der Waals surface area contributed by atoms with E-state index >= 15 is 0 Å². The molecule has 40 heavy (non-hydrogen) atoms. The minimum atomic E-state index is -0.479. The first-order valence-electron chi connectivity index (χ1n) is 14.4. The van der Waals surface area contributed by atoms with E-state index in [9.17, 15) is 4.79 Å². The smallest absolute Gasteiger partial charge is 0.410 e. The minimum absolute atomic E-state index is 0.129. The lowest BCUT2D eigenvalue weighted by molar-refractivity contribution is 0.0266. The van der Waals surface area contributed by atoms with Crippen LogP contribution in [0, 0.1) is 12.3 Å². The number of aryl methyl sites for hydroxylation is 1. The van der Waals surface area contributed by atoms with Crippen LogP contribution in [0.25, 0.3) is 11.1 Å². The molecule has 10 nitrogen and oxygen atoms in total. The molecule has 6 rings (SSSR count). The van der Waals surface area contributed by atoms with Crippen LogP contribution >= 0.6 is 0 Å². The van der Waals surface area contributed by atoms with E-state index in [1.54, 1.807) is 6.26 Å². The highest BCUT2D eigenvalue weighted by Crippen LogP contribution is 2.42. The number of amides is 1. The zero-order chi connectivity index (χ0) is 27.9. The summed E-state index contributed by atoms with van der Waals surface area (Å²) in [5, 5.41) is 3.43. The summed E-state index contributed by atoms with van der Waals surface area (Å²) in [6.45, 7) is 14.4. The van der Waals surface area contributed by atoms with Crippen LogP contribution < -0.4 is 15.1 Å². The Kier molecular flexibility index (Phi) is 6.98. The number of likely N-dealkylation sites (tertiary alicyclic amines) is 1. The summed E-state index contributed by atoms with van der Waals surface area (Å²) in [5.74, 6) is 1.37. The Morgan fingerprint density at radius 1 is 1.00 bits per heavy atom. The van der Waals surface area contributed by atoms with Gasteiger partial charge in [0.2, 0.25) is 5.95 Å². The SMILES string of the molecule is Cc1cc(Nc2nc(N3CCC4(CCN(C(=O)OC(C)(C)C)C4)CC3)c3occc3n2)ccc1N1CCOCC1. The van der Waals surface area contributed by atoms with E-state index in [2.05, 4.69) is 40.2 Å². The largest absolute Gasteiger partial charge is 0.459 e. The van der Waals surface area contributed by atoms with Crippen LogP contribution in [0.5, 0.6) is 0 Å². The second-order valence-electron chi connectivity index (χ2n) is 12.4. The first-order chi connectivity index (χ1) is 19.2. The van der Waals surface area contributed by atoms with Crippen molar-refractivity contribution in [3.05, 3.63) is 36.1 Å². The molecule has 5 heterocycles. The summed E-state index contributed by atoms with van der Waals surface area (Å²) in [6.07, 6.45) is 4.46. The van der Waals surface area contributed by atoms with Crippen molar-refractivity contribution in [2.45, 2.75) is 52.6 Å². The van der Waals surface area contributed by atoms with Crippen LogP contribution in [-0.4, -0.2) is 79.0 Å². The van der Waals surface area contributed by atoms with Crippen LogP contribution in [0.2, 0.25) is 0 Å². The number of nitrogens with one attached hydrogen (secondary N) is 1. The maximum Gasteiger partial charge on any atom is 0.410 e. The monoisotopic (exact) mass is 548 g/mol. The average Bonchev–Trinajstić information content (AvgIpc) is 3.56. The number of fused-ring (bicyclic) bond motifs is 1. The molecule has 3 saturated heterocycles. The minimum Gasteiger partial charge on any atom is -0.459 e. The first kappa shape index (κ1) is 26.7. The van der Waals surface area contributed by atoms with Crippen molar-refractivity contribution in [3.63, 3.8) is 0 Å². The number of anilines is 4. The zero-order valence-corrected chi connectivity index (χ0v) is 24.0. The second-order valence-corrected chi connectivity index (χ2v) is 12.4. The van der Waals surface area contributed by atoms with Crippen LogP contribution in [-0.2, 0) is 9.47 Å². The summed E-state index contributed by atoms with van der Waals surface area (Å²) in [6, 6.07) is 8.28. The third-order valence-electron chi connectivity index (χ3n) is 8.30. The molecule has 3 aromatic rings. The van der Waals surface area contributed by atoms with Crippen molar-refractivity contribution < 1.29 is 18.7 Å². The van der Waals surface area contributed by atoms with Gasteiger partial charge in [-0.1, -0.05) is 0 Å². The van der Waals surface area contributed by atoms with Gasteiger partial charge >= 0.3 is 6.09 Å². The summed E-state index contributed by atoms with van der Waals surface area (Å²) < 4.78 is 17.0. The maximum absolute atomic E-state index is 12.6. The van der Waals surface area contributed by atoms with E-state index in [0.717, 1.165) is 88.8 Å². The molecule has 1 spiro atoms. The Morgan fingerprint density at radius 2 is 1.75 bits per heavy atom. The molecular weight excluding hydrogens is 508 g/mol. The Labute approximate surface area is 235 Å². The lowest BCUT2D eigenvalue weighted by atomic mass is 9.78. The van der Waals surface area contributed by atoms with Crippen LogP contribution in [0.4, 0.5) is 27.9 Å². The number of ether oxygens (including phenoxy) is 2. The number of nitrogens with zero attached hydrogens (tertiary/aromatic N) is 5. The Bertz CT molecular complexity index is 1370. The van der Waals surface area contributed by atoms with Gasteiger partial charge in [-0.2, -0.15) is 4.98 Å². The van der Waals surface area contributed by atoms with Crippen molar-refractivity contribution in [3.8, 4) is 0 Å². The van der Waals surface area contributed by atoms with E-state index in [0.29, 0.717) is 11.5 Å². The molecule has 2 aromatic heterocycles. The third-order valence-corrected chi connectivity index (χ3v) is 8.30. The van der Waals surface area contributed by atoms with Gasteiger partial charge in [0.25, 0.3) is 0 Å². The molecule has 0 bridgehead atoms. The number of hydrogen-bond donors (Lipinski definition) is 1. The fourth-order valence-electron chi connectivity index (χ4n) is 6.16. The van der Waals surface area contributed by atoms with Crippen LogP contribution in [0.15, 0.2) is 34.9 Å². The van der Waals surface area contributed by atoms with Gasteiger partial charge < -0.3 is 33.9 Å². The number of piperidine rings is 1. The topological polar surface area (TPSA) is 96.2 Å². The number of morpholine rings is 1. The first-order valence-corrected chi connectivity index (χ1v) is 14.4. The fraction of sp³-hybridized carbons (Fsp3) is 0.567. The zero-order valence-electron chi connectivity index (χ0n) is 24.0. The number of hydrogen-bond acceptors (Lipinski definition) is 9. The van der Waals surface area contributed by atoms with Crippen LogP contribution in [0.1, 0.15) is 45.6 Å². The molecule has 3 fully saturated rings. The number of carbonyl (C=O) groups excluding carboxylic acids is 1. The summed E-state index contributed by atoms with van der Waals surface area (Å²) in [5.41, 5.74) is 4.54. The van der Waals surface area contributed by atoms with Gasteiger partial charge in [0.1, 0.15) is 11.1 Å². The average molecular weight is 549 g/mol. The van der Waals surface area contributed by atoms with Gasteiger partial charge in [-0.25, -0.2) is 9.78 Å². The molecule has 1 aromatic carbocycles. The van der Waals surface area contributed by atoms with Crippen molar-refractivity contribution in [1.82, 2.24) is 14.9 Å². The normalized spacial score (nSPS) is 19.4. The molecule has 1 N–H and O–H groups in total. The van der Waals surface area contributed by atoms with Gasteiger partial charge in [0.05, 0.1) is 19.5 Å². The maximum atomic E-state index is 12.6. The summed E-state index contributed by atoms with van der Waals surface area (Å²) in [4.78, 5) is 28.9. The molecule has 3 aliphatic rings. The number of carbonyl (C=O) groups is 1. The molecule has 10 heteroatoms. The van der Waals surface area contributed by atoms with Gasteiger partial charge in [-0.05, 0) is 76.1 Å². The van der Waals surface area contributed by atoms with E-state index < -0.39 is 5.60 Å². The van der Waals surface area contributed by atoms with Gasteiger partial charge in [0, 0.05) is 56.7 Å². The number of furan rings is 1. The van der Waals surface area contributed by atoms with Gasteiger partial charge in [-0.15, -0.1) is 0 Å². The molecule has 0 unspecified atom stereocenters. The van der Waals surface area contributed by atoms with Crippen molar-refractivity contribution in [2.75, 3.05) is 67.6 Å². The standard InChI is InChI=1S/C30H40N6O4/c1-21-19-22(5-6-24(21)34-14-17-38-18-15-34)31-27-32-23-7-16-39-25(23)26(33-27)35-11-8-30(9-12-35)10-13-36(20-30)28(37)40-29(2,3)4/h5-7,16,19H,8-15,17-18,20H2,1-4H3,(H,31,32,33). The van der Waals surface area contributed by atoms with E-state index in [1.165, 1.54) is 11.3 Å².